The average Bonchev–Trinajstić information content (AvgIpc) is 3.28. The largest absolute Gasteiger partial charge is 0.504 e. The SMILES string of the molecule is CCCOc1ccc(CN/C=C2\CN=Cc3ccc(-c4ccoc4)cc32)cc1O. The molecule has 0 atom stereocenters. The number of ether oxygens (including phenoxy) is 1. The van der Waals surface area contributed by atoms with Crippen LogP contribution in [0.4, 0.5) is 0 Å². The van der Waals surface area contributed by atoms with Crippen molar-refractivity contribution in [2.24, 2.45) is 4.99 Å². The molecule has 3 aromatic rings. The third kappa shape index (κ3) is 4.35. The van der Waals surface area contributed by atoms with Gasteiger partial charge in [0.05, 0.1) is 25.7 Å². The first-order valence-electron chi connectivity index (χ1n) is 9.78. The third-order valence-corrected chi connectivity index (χ3v) is 4.81. The number of phenols is 1. The van der Waals surface area contributed by atoms with Gasteiger partial charge in [-0.1, -0.05) is 25.1 Å². The summed E-state index contributed by atoms with van der Waals surface area (Å²) in [5.41, 5.74) is 6.55. The van der Waals surface area contributed by atoms with Gasteiger partial charge < -0.3 is 19.6 Å². The monoisotopic (exact) mass is 388 g/mol. The van der Waals surface area contributed by atoms with Crippen LogP contribution in [0.1, 0.15) is 30.0 Å². The fraction of sp³-hybridized carbons (Fsp3) is 0.208. The van der Waals surface area contributed by atoms with E-state index < -0.39 is 0 Å². The predicted molar refractivity (Wildman–Crippen MR) is 115 cm³/mol. The van der Waals surface area contributed by atoms with Crippen molar-refractivity contribution < 1.29 is 14.3 Å². The van der Waals surface area contributed by atoms with E-state index >= 15 is 0 Å². The van der Waals surface area contributed by atoms with E-state index in [0.717, 1.165) is 39.8 Å². The fourth-order valence-electron chi connectivity index (χ4n) is 3.31. The molecule has 0 fully saturated rings. The van der Waals surface area contributed by atoms with Crippen LogP contribution in [0.2, 0.25) is 0 Å². The molecule has 0 spiro atoms. The maximum absolute atomic E-state index is 10.1. The number of nitrogens with zero attached hydrogens (tertiary/aromatic N) is 1. The third-order valence-electron chi connectivity index (χ3n) is 4.81. The molecule has 4 rings (SSSR count). The molecule has 5 nitrogen and oxygen atoms in total. The Morgan fingerprint density at radius 2 is 2.10 bits per heavy atom. The number of hydrogen-bond acceptors (Lipinski definition) is 5. The van der Waals surface area contributed by atoms with Crippen molar-refractivity contribution >= 4 is 11.8 Å². The van der Waals surface area contributed by atoms with Gasteiger partial charge in [-0.25, -0.2) is 0 Å². The molecular formula is C24H24N2O3. The zero-order chi connectivity index (χ0) is 20.1. The van der Waals surface area contributed by atoms with Crippen molar-refractivity contribution in [1.29, 1.82) is 0 Å². The summed E-state index contributed by atoms with van der Waals surface area (Å²) in [5, 5.41) is 13.5. The number of nitrogens with one attached hydrogen (secondary N) is 1. The lowest BCUT2D eigenvalue weighted by Gasteiger charge is -2.16. The lowest BCUT2D eigenvalue weighted by atomic mass is 9.94. The van der Waals surface area contributed by atoms with Gasteiger partial charge in [0.25, 0.3) is 0 Å². The lowest BCUT2D eigenvalue weighted by molar-refractivity contribution is 0.299. The molecule has 148 valence electrons. The molecule has 0 unspecified atom stereocenters. The van der Waals surface area contributed by atoms with Crippen molar-refractivity contribution in [3.63, 3.8) is 0 Å². The number of furan rings is 1. The summed E-state index contributed by atoms with van der Waals surface area (Å²) >= 11 is 0. The topological polar surface area (TPSA) is 67.0 Å². The summed E-state index contributed by atoms with van der Waals surface area (Å²) in [6.07, 6.45) is 8.26. The number of aromatic hydroxyl groups is 1. The molecule has 1 aliphatic heterocycles. The molecule has 29 heavy (non-hydrogen) atoms. The van der Waals surface area contributed by atoms with Gasteiger partial charge in [-0.2, -0.15) is 0 Å². The quantitative estimate of drug-likeness (QED) is 0.597. The lowest BCUT2D eigenvalue weighted by Crippen LogP contribution is -2.10. The molecule has 0 saturated carbocycles. The van der Waals surface area contributed by atoms with Crippen molar-refractivity contribution in [2.75, 3.05) is 13.2 Å². The van der Waals surface area contributed by atoms with Gasteiger partial charge in [-0.05, 0) is 58.5 Å². The predicted octanol–water partition coefficient (Wildman–Crippen LogP) is 5.00. The first-order valence-corrected chi connectivity index (χ1v) is 9.78. The van der Waals surface area contributed by atoms with E-state index in [1.807, 2.05) is 37.5 Å². The standard InChI is InChI=1S/C24H24N2O3/c1-2-8-29-24-6-3-17(10-23(24)27)12-25-14-21-15-26-13-19-5-4-18(11-22(19)21)20-7-9-28-16-20/h3-7,9-11,13-14,16,25,27H,2,8,12,15H2,1H3/b21-14+. The van der Waals surface area contributed by atoms with Gasteiger partial charge >= 0.3 is 0 Å². The average molecular weight is 388 g/mol. The van der Waals surface area contributed by atoms with Crippen LogP contribution >= 0.6 is 0 Å². The summed E-state index contributed by atoms with van der Waals surface area (Å²) in [5.74, 6) is 0.694. The van der Waals surface area contributed by atoms with E-state index in [1.54, 1.807) is 18.6 Å². The first kappa shape index (κ1) is 18.9. The normalized spacial score (nSPS) is 14.0. The summed E-state index contributed by atoms with van der Waals surface area (Å²) in [6, 6.07) is 13.8. The number of aliphatic imine (C=N–C) groups is 1. The number of phenolic OH excluding ortho intramolecular Hbond substituents is 1. The van der Waals surface area contributed by atoms with Gasteiger partial charge in [0.1, 0.15) is 0 Å². The minimum atomic E-state index is 0.169. The number of fused-ring (bicyclic) bond motifs is 1. The summed E-state index contributed by atoms with van der Waals surface area (Å²) in [7, 11) is 0. The Bertz CT molecular complexity index is 1040. The van der Waals surface area contributed by atoms with Crippen molar-refractivity contribution in [3.8, 4) is 22.6 Å². The highest BCUT2D eigenvalue weighted by Crippen LogP contribution is 2.29. The van der Waals surface area contributed by atoms with Crippen molar-refractivity contribution in [2.45, 2.75) is 19.9 Å². The molecule has 1 aliphatic rings. The van der Waals surface area contributed by atoms with E-state index in [1.165, 1.54) is 0 Å². The molecule has 2 aromatic carbocycles. The Labute approximate surface area is 170 Å². The smallest absolute Gasteiger partial charge is 0.160 e. The van der Waals surface area contributed by atoms with Gasteiger partial charge in [-0.3, -0.25) is 4.99 Å². The summed E-state index contributed by atoms with van der Waals surface area (Å²) in [6.45, 7) is 3.86. The first-order chi connectivity index (χ1) is 14.2. The summed E-state index contributed by atoms with van der Waals surface area (Å²) < 4.78 is 10.7. The molecule has 0 bridgehead atoms. The highest BCUT2D eigenvalue weighted by Gasteiger charge is 2.13. The van der Waals surface area contributed by atoms with Crippen LogP contribution in [0.25, 0.3) is 16.7 Å². The molecule has 1 aromatic heterocycles. The molecule has 0 aliphatic carbocycles. The van der Waals surface area contributed by atoms with Crippen LogP contribution in [0.15, 0.2) is 70.6 Å². The molecule has 0 saturated heterocycles. The van der Waals surface area contributed by atoms with Crippen LogP contribution in [-0.2, 0) is 6.54 Å². The second-order valence-corrected chi connectivity index (χ2v) is 6.98. The van der Waals surface area contributed by atoms with Crippen LogP contribution in [0.5, 0.6) is 11.5 Å². The zero-order valence-electron chi connectivity index (χ0n) is 16.4. The number of benzene rings is 2. The van der Waals surface area contributed by atoms with E-state index in [9.17, 15) is 5.11 Å². The second-order valence-electron chi connectivity index (χ2n) is 6.98. The molecule has 0 radical (unpaired) electrons. The molecular weight excluding hydrogens is 364 g/mol. The molecule has 2 heterocycles. The van der Waals surface area contributed by atoms with Crippen molar-refractivity contribution in [3.05, 3.63) is 77.9 Å². The zero-order valence-corrected chi connectivity index (χ0v) is 16.4. The minimum absolute atomic E-state index is 0.169. The van der Waals surface area contributed by atoms with E-state index in [-0.39, 0.29) is 5.75 Å². The van der Waals surface area contributed by atoms with Crippen LogP contribution in [-0.4, -0.2) is 24.5 Å². The fourth-order valence-corrected chi connectivity index (χ4v) is 3.31. The summed E-state index contributed by atoms with van der Waals surface area (Å²) in [4.78, 5) is 4.46. The van der Waals surface area contributed by atoms with Crippen LogP contribution in [0.3, 0.4) is 0 Å². The Balaban J connectivity index is 1.48. The minimum Gasteiger partial charge on any atom is -0.504 e. The van der Waals surface area contributed by atoms with E-state index in [2.05, 4.69) is 28.5 Å². The Morgan fingerprint density at radius 1 is 1.17 bits per heavy atom. The van der Waals surface area contributed by atoms with Gasteiger partial charge in [-0.15, -0.1) is 0 Å². The van der Waals surface area contributed by atoms with Gasteiger partial charge in [0.15, 0.2) is 11.5 Å². The van der Waals surface area contributed by atoms with Gasteiger partial charge in [0, 0.05) is 24.5 Å². The number of rotatable bonds is 7. The Hall–Kier alpha value is -3.47. The highest BCUT2D eigenvalue weighted by atomic mass is 16.5. The Kier molecular flexibility index (Phi) is 5.66. The highest BCUT2D eigenvalue weighted by molar-refractivity contribution is 5.93. The van der Waals surface area contributed by atoms with Crippen LogP contribution in [0, 0.1) is 0 Å². The second kappa shape index (κ2) is 8.69. The maximum atomic E-state index is 10.1. The van der Waals surface area contributed by atoms with Gasteiger partial charge in [0.2, 0.25) is 0 Å². The molecule has 0 amide bonds. The Morgan fingerprint density at radius 3 is 2.90 bits per heavy atom. The van der Waals surface area contributed by atoms with E-state index in [4.69, 9.17) is 9.15 Å². The van der Waals surface area contributed by atoms with Crippen LogP contribution < -0.4 is 10.1 Å². The number of hydrogen-bond donors (Lipinski definition) is 2. The van der Waals surface area contributed by atoms with E-state index in [0.29, 0.717) is 25.4 Å². The molecule has 5 heteroatoms. The maximum Gasteiger partial charge on any atom is 0.160 e. The van der Waals surface area contributed by atoms with Crippen molar-refractivity contribution in [1.82, 2.24) is 5.32 Å². The molecule has 2 N–H and O–H groups in total.